The molecule has 0 radical (unpaired) electrons. The van der Waals surface area contributed by atoms with E-state index in [1.54, 1.807) is 17.1 Å². The number of rotatable bonds is 2. The van der Waals surface area contributed by atoms with Gasteiger partial charge < -0.3 is 15.4 Å². The highest BCUT2D eigenvalue weighted by Crippen LogP contribution is 2.24. The van der Waals surface area contributed by atoms with Crippen molar-refractivity contribution in [2.24, 2.45) is 0 Å². The van der Waals surface area contributed by atoms with Crippen LogP contribution in [0.3, 0.4) is 0 Å². The number of nitrogens with zero attached hydrogens (tertiary/aromatic N) is 4. The fourth-order valence-corrected chi connectivity index (χ4v) is 2.06. The normalized spacial score (nSPS) is 15.9. The first-order valence-electron chi connectivity index (χ1n) is 5.93. The molecule has 0 bridgehead atoms. The monoisotopic (exact) mass is 245 g/mol. The van der Waals surface area contributed by atoms with Crippen LogP contribution < -0.4 is 10.6 Å². The first kappa shape index (κ1) is 11.0. The fourth-order valence-electron chi connectivity index (χ4n) is 2.06. The van der Waals surface area contributed by atoms with Gasteiger partial charge in [-0.15, -0.1) is 0 Å². The molecule has 3 rings (SSSR count). The van der Waals surface area contributed by atoms with Crippen LogP contribution >= 0.6 is 0 Å². The molecule has 0 amide bonds. The molecule has 1 saturated heterocycles. The zero-order chi connectivity index (χ0) is 12.4. The molecule has 0 spiro atoms. The van der Waals surface area contributed by atoms with Crippen molar-refractivity contribution in [3.63, 3.8) is 0 Å². The van der Waals surface area contributed by atoms with Crippen molar-refractivity contribution in [3.8, 4) is 5.69 Å². The van der Waals surface area contributed by atoms with Crippen molar-refractivity contribution in [1.29, 1.82) is 0 Å². The number of ether oxygens (including phenoxy) is 1. The van der Waals surface area contributed by atoms with Gasteiger partial charge in [-0.25, -0.2) is 9.67 Å². The minimum Gasteiger partial charge on any atom is -0.397 e. The smallest absolute Gasteiger partial charge is 0.154 e. The summed E-state index contributed by atoms with van der Waals surface area (Å²) in [4.78, 5) is 6.64. The lowest BCUT2D eigenvalue weighted by Gasteiger charge is -2.29. The van der Waals surface area contributed by atoms with Crippen molar-refractivity contribution < 1.29 is 4.74 Å². The van der Waals surface area contributed by atoms with Crippen molar-refractivity contribution in [1.82, 2.24) is 14.8 Å². The number of hydrogen-bond acceptors (Lipinski definition) is 5. The Labute approximate surface area is 105 Å². The first-order valence-corrected chi connectivity index (χ1v) is 5.93. The predicted octanol–water partition coefficient (Wildman–Crippen LogP) is 0.686. The molecule has 94 valence electrons. The highest BCUT2D eigenvalue weighted by atomic mass is 16.5. The summed E-state index contributed by atoms with van der Waals surface area (Å²) in [7, 11) is 0. The van der Waals surface area contributed by atoms with E-state index in [1.807, 2.05) is 18.3 Å². The Kier molecular flexibility index (Phi) is 2.85. The molecule has 18 heavy (non-hydrogen) atoms. The van der Waals surface area contributed by atoms with Gasteiger partial charge in [0.15, 0.2) is 5.82 Å². The molecule has 0 atom stereocenters. The van der Waals surface area contributed by atoms with Gasteiger partial charge in [-0.3, -0.25) is 0 Å². The number of morpholine rings is 1. The van der Waals surface area contributed by atoms with Gasteiger partial charge in [-0.05, 0) is 12.1 Å². The molecule has 0 aliphatic carbocycles. The van der Waals surface area contributed by atoms with Gasteiger partial charge in [0.1, 0.15) is 5.69 Å². The Morgan fingerprint density at radius 1 is 1.28 bits per heavy atom. The Bertz CT molecular complexity index is 519. The van der Waals surface area contributed by atoms with E-state index < -0.39 is 0 Å². The van der Waals surface area contributed by atoms with Crippen molar-refractivity contribution in [2.45, 2.75) is 0 Å². The summed E-state index contributed by atoms with van der Waals surface area (Å²) >= 11 is 0. The van der Waals surface area contributed by atoms with Gasteiger partial charge in [0, 0.05) is 25.5 Å². The number of aromatic nitrogens is 3. The number of nitrogen functional groups attached to an aromatic ring is 1. The van der Waals surface area contributed by atoms with Gasteiger partial charge in [0.2, 0.25) is 0 Å². The summed E-state index contributed by atoms with van der Waals surface area (Å²) in [5, 5.41) is 4.25. The Hall–Kier alpha value is -2.08. The minimum atomic E-state index is 0.637. The summed E-state index contributed by atoms with van der Waals surface area (Å²) in [5.74, 6) is 0.899. The van der Waals surface area contributed by atoms with Gasteiger partial charge in [0.25, 0.3) is 0 Å². The second-order valence-corrected chi connectivity index (χ2v) is 4.16. The second-order valence-electron chi connectivity index (χ2n) is 4.16. The van der Waals surface area contributed by atoms with E-state index in [0.717, 1.165) is 37.8 Å². The molecular weight excluding hydrogens is 230 g/mol. The summed E-state index contributed by atoms with van der Waals surface area (Å²) in [6.45, 7) is 3.13. The molecule has 0 saturated carbocycles. The molecule has 2 aromatic heterocycles. The first-order chi connectivity index (χ1) is 8.84. The van der Waals surface area contributed by atoms with Crippen LogP contribution in [0.5, 0.6) is 0 Å². The van der Waals surface area contributed by atoms with E-state index in [1.165, 1.54) is 0 Å². The number of pyridine rings is 1. The average Bonchev–Trinajstić information content (AvgIpc) is 2.93. The maximum atomic E-state index is 5.82. The molecule has 2 aromatic rings. The molecule has 2 N–H and O–H groups in total. The van der Waals surface area contributed by atoms with Crippen LogP contribution in [0.4, 0.5) is 11.5 Å². The maximum absolute atomic E-state index is 5.82. The SMILES string of the molecule is Nc1cnc(N2CCOCC2)c(-n2cccn2)c1. The van der Waals surface area contributed by atoms with E-state index >= 15 is 0 Å². The van der Waals surface area contributed by atoms with Gasteiger partial charge in [-0.1, -0.05) is 0 Å². The molecule has 1 aliphatic heterocycles. The molecule has 6 nitrogen and oxygen atoms in total. The van der Waals surface area contributed by atoms with E-state index in [-0.39, 0.29) is 0 Å². The number of anilines is 2. The van der Waals surface area contributed by atoms with Gasteiger partial charge in [-0.2, -0.15) is 5.10 Å². The van der Waals surface area contributed by atoms with E-state index in [4.69, 9.17) is 10.5 Å². The topological polar surface area (TPSA) is 69.2 Å². The number of nitrogens with two attached hydrogens (primary N) is 1. The van der Waals surface area contributed by atoms with Crippen LogP contribution in [0.25, 0.3) is 5.69 Å². The molecule has 1 aliphatic rings. The van der Waals surface area contributed by atoms with Crippen LogP contribution in [-0.2, 0) is 4.74 Å². The van der Waals surface area contributed by atoms with Crippen molar-refractivity contribution in [3.05, 3.63) is 30.7 Å². The van der Waals surface area contributed by atoms with Crippen molar-refractivity contribution >= 4 is 11.5 Å². The average molecular weight is 245 g/mol. The summed E-state index contributed by atoms with van der Waals surface area (Å²) in [5.41, 5.74) is 7.36. The molecular formula is C12H15N5O. The van der Waals surface area contributed by atoms with E-state index in [9.17, 15) is 0 Å². The summed E-state index contributed by atoms with van der Waals surface area (Å²) in [6.07, 6.45) is 5.31. The Morgan fingerprint density at radius 3 is 2.83 bits per heavy atom. The standard InChI is InChI=1S/C12H15N5O/c13-10-8-11(17-3-1-2-15-17)12(14-9-10)16-4-6-18-7-5-16/h1-3,8-9H,4-7,13H2. The van der Waals surface area contributed by atoms with Gasteiger partial charge in [0.05, 0.1) is 25.1 Å². The minimum absolute atomic E-state index is 0.637. The van der Waals surface area contributed by atoms with Gasteiger partial charge >= 0.3 is 0 Å². The lowest BCUT2D eigenvalue weighted by Crippen LogP contribution is -2.37. The fraction of sp³-hybridized carbons (Fsp3) is 0.333. The maximum Gasteiger partial charge on any atom is 0.154 e. The Balaban J connectivity index is 2.02. The summed E-state index contributed by atoms with van der Waals surface area (Å²) < 4.78 is 7.14. The third-order valence-corrected chi connectivity index (χ3v) is 2.93. The predicted molar refractivity (Wildman–Crippen MR) is 68.8 cm³/mol. The van der Waals surface area contributed by atoms with Crippen molar-refractivity contribution in [2.75, 3.05) is 36.9 Å². The highest BCUT2D eigenvalue weighted by molar-refractivity contribution is 5.62. The van der Waals surface area contributed by atoms with E-state index in [2.05, 4.69) is 15.0 Å². The lowest BCUT2D eigenvalue weighted by atomic mass is 10.3. The largest absolute Gasteiger partial charge is 0.397 e. The third-order valence-electron chi connectivity index (χ3n) is 2.93. The van der Waals surface area contributed by atoms with Crippen LogP contribution in [0.2, 0.25) is 0 Å². The third kappa shape index (κ3) is 2.02. The Morgan fingerprint density at radius 2 is 2.11 bits per heavy atom. The molecule has 0 unspecified atom stereocenters. The zero-order valence-electron chi connectivity index (χ0n) is 9.99. The second kappa shape index (κ2) is 4.66. The molecule has 0 aromatic carbocycles. The zero-order valence-corrected chi connectivity index (χ0v) is 9.99. The molecule has 3 heterocycles. The summed E-state index contributed by atoms with van der Waals surface area (Å²) in [6, 6.07) is 3.77. The molecule has 1 fully saturated rings. The lowest BCUT2D eigenvalue weighted by molar-refractivity contribution is 0.122. The highest BCUT2D eigenvalue weighted by Gasteiger charge is 2.17. The van der Waals surface area contributed by atoms with Crippen LogP contribution in [0, 0.1) is 0 Å². The van der Waals surface area contributed by atoms with Crippen LogP contribution in [0.1, 0.15) is 0 Å². The number of hydrogen-bond donors (Lipinski definition) is 1. The van der Waals surface area contributed by atoms with Crippen LogP contribution in [-0.4, -0.2) is 41.1 Å². The van der Waals surface area contributed by atoms with Crippen LogP contribution in [0.15, 0.2) is 30.7 Å². The molecule has 6 heteroatoms. The quantitative estimate of drug-likeness (QED) is 0.842. The van der Waals surface area contributed by atoms with E-state index in [0.29, 0.717) is 5.69 Å².